The maximum absolute atomic E-state index is 2.53. The molecule has 2 aromatic heterocycles. The molecule has 0 unspecified atom stereocenters. The Bertz CT molecular complexity index is 3390. The van der Waals surface area contributed by atoms with Gasteiger partial charge in [-0.15, -0.1) is 0 Å². The zero-order chi connectivity index (χ0) is 39.6. The van der Waals surface area contributed by atoms with Crippen LogP contribution in [0.1, 0.15) is 0 Å². The van der Waals surface area contributed by atoms with Crippen molar-refractivity contribution < 1.29 is 0 Å². The summed E-state index contributed by atoms with van der Waals surface area (Å²) in [5.41, 5.74) is 21.0. The van der Waals surface area contributed by atoms with Gasteiger partial charge in [0.05, 0.1) is 16.6 Å². The van der Waals surface area contributed by atoms with Gasteiger partial charge in [0.1, 0.15) is 23.5 Å². The highest BCUT2D eigenvalue weighted by Crippen LogP contribution is 2.42. The third kappa shape index (κ3) is 5.53. The zero-order valence-electron chi connectivity index (χ0n) is 33.4. The molecular formula is C54H39B3N2. The fourth-order valence-corrected chi connectivity index (χ4v) is 9.76. The molecule has 5 heteroatoms. The highest BCUT2D eigenvalue weighted by molar-refractivity contribution is 6.60. The van der Waals surface area contributed by atoms with Crippen LogP contribution in [0, 0.1) is 0 Å². The number of aromatic nitrogens is 2. The molecule has 0 aliphatic carbocycles. The maximum Gasteiger partial charge on any atom is 0.141 e. The number of hydrogen-bond donors (Lipinski definition) is 0. The summed E-state index contributed by atoms with van der Waals surface area (Å²) in [4.78, 5) is 0. The Balaban J connectivity index is 1.15. The van der Waals surface area contributed by atoms with Gasteiger partial charge in [0.25, 0.3) is 0 Å². The SMILES string of the molecule is Bc1c(-c2ccc3c(c2)c2ccccc2n3-c2ccc(-c3ccccc3)cc2)c(B)c2c3cccc(-c4ccccc4-c4ccccc4)c3n(-c3ccccc3)c2c1B. The first-order chi connectivity index (χ1) is 29.1. The van der Waals surface area contributed by atoms with Gasteiger partial charge in [-0.3, -0.25) is 0 Å². The van der Waals surface area contributed by atoms with Crippen LogP contribution in [-0.4, -0.2) is 32.7 Å². The third-order valence-electron chi connectivity index (χ3n) is 12.5. The van der Waals surface area contributed by atoms with Crippen LogP contribution in [0.2, 0.25) is 0 Å². The van der Waals surface area contributed by atoms with Crippen molar-refractivity contribution in [1.82, 2.24) is 9.13 Å². The summed E-state index contributed by atoms with van der Waals surface area (Å²) >= 11 is 0. The highest BCUT2D eigenvalue weighted by atomic mass is 15.0. The van der Waals surface area contributed by atoms with Gasteiger partial charge in [0.2, 0.25) is 0 Å². The summed E-state index contributed by atoms with van der Waals surface area (Å²) in [5.74, 6) is 0. The van der Waals surface area contributed by atoms with Crippen LogP contribution in [-0.2, 0) is 0 Å². The second kappa shape index (κ2) is 14.0. The van der Waals surface area contributed by atoms with E-state index in [-0.39, 0.29) is 0 Å². The standard InChI is InChI=1S/C54H39B3N2/c55-50-48(37-29-32-47-45(33-37)42-23-12-13-26-46(42)58(47)39-30-27-35(28-31-39)34-15-4-1-5-16-34)51(56)52(57)54-49(50)44-25-14-24-43(53(44)59(54)38-19-8-3-9-20-38)41-22-11-10-21-40(41)36-17-6-2-7-18-36/h1-33H,55-57H2. The molecule has 2 heterocycles. The molecule has 0 aliphatic rings. The van der Waals surface area contributed by atoms with Crippen molar-refractivity contribution in [3.8, 4) is 55.9 Å². The fourth-order valence-electron chi connectivity index (χ4n) is 9.76. The number of para-hydroxylation sites is 3. The Morgan fingerprint density at radius 1 is 0.305 bits per heavy atom. The smallest absolute Gasteiger partial charge is 0.141 e. The highest BCUT2D eigenvalue weighted by Gasteiger charge is 2.24. The quantitative estimate of drug-likeness (QED) is 0.150. The van der Waals surface area contributed by atoms with E-state index in [9.17, 15) is 0 Å². The molecule has 0 saturated carbocycles. The molecule has 0 N–H and O–H groups in total. The van der Waals surface area contributed by atoms with Crippen LogP contribution in [0.15, 0.2) is 200 Å². The first-order valence-corrected chi connectivity index (χ1v) is 20.5. The van der Waals surface area contributed by atoms with E-state index in [1.54, 1.807) is 0 Å². The second-order valence-corrected chi connectivity index (χ2v) is 15.8. The summed E-state index contributed by atoms with van der Waals surface area (Å²) < 4.78 is 4.94. The minimum absolute atomic E-state index is 1.16. The zero-order valence-corrected chi connectivity index (χ0v) is 33.4. The van der Waals surface area contributed by atoms with Crippen LogP contribution in [0.25, 0.3) is 99.5 Å². The number of rotatable bonds is 6. The Morgan fingerprint density at radius 3 is 1.59 bits per heavy atom. The lowest BCUT2D eigenvalue weighted by Crippen LogP contribution is -2.35. The first kappa shape index (κ1) is 35.0. The molecule has 0 bridgehead atoms. The Hall–Kier alpha value is -7.23. The summed E-state index contributed by atoms with van der Waals surface area (Å²) in [6, 6.07) is 72.9. The van der Waals surface area contributed by atoms with Crippen LogP contribution >= 0.6 is 0 Å². The number of hydrogen-bond acceptors (Lipinski definition) is 0. The monoisotopic (exact) mass is 748 g/mol. The Morgan fingerprint density at radius 2 is 0.847 bits per heavy atom. The van der Waals surface area contributed by atoms with Crippen molar-refractivity contribution in [2.45, 2.75) is 0 Å². The lowest BCUT2D eigenvalue weighted by Gasteiger charge is -2.19. The average Bonchev–Trinajstić information content (AvgIpc) is 3.83. The number of fused-ring (bicyclic) bond motifs is 6. The molecule has 11 aromatic rings. The molecule has 11 rings (SSSR count). The van der Waals surface area contributed by atoms with Gasteiger partial charge in [-0.25, -0.2) is 0 Å². The predicted octanol–water partition coefficient (Wildman–Crippen LogP) is 9.32. The van der Waals surface area contributed by atoms with E-state index >= 15 is 0 Å². The van der Waals surface area contributed by atoms with E-state index in [4.69, 9.17) is 0 Å². The molecule has 0 amide bonds. The van der Waals surface area contributed by atoms with Crippen molar-refractivity contribution in [2.24, 2.45) is 0 Å². The first-order valence-electron chi connectivity index (χ1n) is 20.5. The van der Waals surface area contributed by atoms with E-state index in [0.29, 0.717) is 0 Å². The van der Waals surface area contributed by atoms with Gasteiger partial charge < -0.3 is 9.13 Å². The summed E-state index contributed by atoms with van der Waals surface area (Å²) in [6.07, 6.45) is 0. The molecular weight excluding hydrogens is 709 g/mol. The van der Waals surface area contributed by atoms with Gasteiger partial charge >= 0.3 is 0 Å². The molecule has 0 atom stereocenters. The summed E-state index contributed by atoms with van der Waals surface area (Å²) in [6.45, 7) is 0. The maximum atomic E-state index is 2.53. The van der Waals surface area contributed by atoms with Crippen molar-refractivity contribution in [3.05, 3.63) is 200 Å². The molecule has 9 aromatic carbocycles. The molecule has 0 fully saturated rings. The Kier molecular flexibility index (Phi) is 8.30. The van der Waals surface area contributed by atoms with E-state index in [0.717, 1.165) is 11.4 Å². The second-order valence-electron chi connectivity index (χ2n) is 15.8. The van der Waals surface area contributed by atoms with Crippen molar-refractivity contribution in [2.75, 3.05) is 0 Å². The normalized spacial score (nSPS) is 11.6. The van der Waals surface area contributed by atoms with Gasteiger partial charge in [0.15, 0.2) is 0 Å². The van der Waals surface area contributed by atoms with Crippen molar-refractivity contribution in [3.63, 3.8) is 0 Å². The number of benzene rings is 9. The van der Waals surface area contributed by atoms with Gasteiger partial charge in [-0.1, -0.05) is 174 Å². The molecule has 0 aliphatic heterocycles. The van der Waals surface area contributed by atoms with Gasteiger partial charge in [-0.05, 0) is 81.4 Å². The van der Waals surface area contributed by atoms with Crippen molar-refractivity contribution >= 4 is 83.5 Å². The molecule has 0 radical (unpaired) electrons. The predicted molar refractivity (Wildman–Crippen MR) is 261 cm³/mol. The van der Waals surface area contributed by atoms with E-state index in [2.05, 4.69) is 233 Å². The van der Waals surface area contributed by atoms with Crippen LogP contribution in [0.3, 0.4) is 0 Å². The minimum Gasteiger partial charge on any atom is -0.309 e. The third-order valence-corrected chi connectivity index (χ3v) is 12.5. The molecule has 59 heavy (non-hydrogen) atoms. The molecule has 0 spiro atoms. The Labute approximate surface area is 347 Å². The molecule has 274 valence electrons. The van der Waals surface area contributed by atoms with Crippen molar-refractivity contribution in [1.29, 1.82) is 0 Å². The van der Waals surface area contributed by atoms with E-state index < -0.39 is 0 Å². The fraction of sp³-hybridized carbons (Fsp3) is 0. The lowest BCUT2D eigenvalue weighted by molar-refractivity contribution is 1.18. The largest absolute Gasteiger partial charge is 0.309 e. The van der Waals surface area contributed by atoms with Crippen LogP contribution < -0.4 is 16.4 Å². The lowest BCUT2D eigenvalue weighted by atomic mass is 9.69. The molecule has 2 nitrogen and oxygen atoms in total. The van der Waals surface area contributed by atoms with E-state index in [1.807, 2.05) is 0 Å². The van der Waals surface area contributed by atoms with Crippen LogP contribution in [0.4, 0.5) is 0 Å². The minimum atomic E-state index is 1.16. The summed E-state index contributed by atoms with van der Waals surface area (Å²) in [7, 11) is 6.97. The topological polar surface area (TPSA) is 9.86 Å². The molecule has 0 saturated heterocycles. The average molecular weight is 748 g/mol. The van der Waals surface area contributed by atoms with Gasteiger partial charge in [0, 0.05) is 44.0 Å². The van der Waals surface area contributed by atoms with Gasteiger partial charge in [-0.2, -0.15) is 0 Å². The van der Waals surface area contributed by atoms with Crippen LogP contribution in [0.5, 0.6) is 0 Å². The summed E-state index contributed by atoms with van der Waals surface area (Å²) in [5, 5.41) is 5.09. The van der Waals surface area contributed by atoms with E-state index in [1.165, 1.54) is 105 Å². The number of nitrogens with zero attached hydrogens (tertiary/aromatic N) is 2.